The largest absolute Gasteiger partial charge is 0.399 e. The molecule has 122 valence electrons. The average Bonchev–Trinajstić information content (AvgIpc) is 2.95. The second-order valence-corrected chi connectivity index (χ2v) is 7.54. The highest BCUT2D eigenvalue weighted by Crippen LogP contribution is 2.21. The van der Waals surface area contributed by atoms with Gasteiger partial charge in [0.2, 0.25) is 5.91 Å². The van der Waals surface area contributed by atoms with E-state index in [1.807, 2.05) is 24.3 Å². The Hall–Kier alpha value is -1.86. The summed E-state index contributed by atoms with van der Waals surface area (Å²) >= 11 is 4.64. The van der Waals surface area contributed by atoms with Crippen molar-refractivity contribution in [2.24, 2.45) is 0 Å². The number of thiophene rings is 1. The maximum atomic E-state index is 12.0. The van der Waals surface area contributed by atoms with Crippen molar-refractivity contribution in [2.45, 2.75) is 19.4 Å². The van der Waals surface area contributed by atoms with Crippen molar-refractivity contribution in [3.63, 3.8) is 0 Å². The van der Waals surface area contributed by atoms with Gasteiger partial charge in [-0.1, -0.05) is 12.1 Å². The number of carbonyl (C=O) groups excluding carboxylic acids is 2. The molecular formula is C16H18BrN3O2S. The number of anilines is 1. The Morgan fingerprint density at radius 2 is 1.91 bits per heavy atom. The first-order valence-corrected chi connectivity index (χ1v) is 8.75. The monoisotopic (exact) mass is 395 g/mol. The summed E-state index contributed by atoms with van der Waals surface area (Å²) in [5.41, 5.74) is 7.44. The van der Waals surface area contributed by atoms with Crippen molar-refractivity contribution in [3.05, 3.63) is 50.6 Å². The fourth-order valence-electron chi connectivity index (χ4n) is 1.94. The van der Waals surface area contributed by atoms with Gasteiger partial charge in [0.15, 0.2) is 0 Å². The fourth-order valence-corrected chi connectivity index (χ4v) is 3.23. The molecule has 0 aliphatic carbocycles. The molecule has 0 spiro atoms. The maximum Gasteiger partial charge on any atom is 0.262 e. The summed E-state index contributed by atoms with van der Waals surface area (Å²) in [6.07, 6.45) is 0.713. The summed E-state index contributed by atoms with van der Waals surface area (Å²) < 4.78 is 0.878. The van der Waals surface area contributed by atoms with Crippen LogP contribution in [0.2, 0.25) is 0 Å². The zero-order valence-corrected chi connectivity index (χ0v) is 15.0. The Morgan fingerprint density at radius 1 is 1.22 bits per heavy atom. The molecule has 0 fully saturated rings. The number of nitrogens with one attached hydrogen (secondary N) is 2. The minimum atomic E-state index is -0.588. The standard InChI is InChI=1S/C16H18BrN3O2S/c1-10(20-16(22)13-6-7-14(17)23-13)15(21)19-9-8-11-2-4-12(18)5-3-11/h2-7,10H,8-9,18H2,1H3,(H,19,21)(H,20,22). The van der Waals surface area contributed by atoms with E-state index >= 15 is 0 Å². The van der Waals surface area contributed by atoms with E-state index in [2.05, 4.69) is 26.6 Å². The predicted molar refractivity (Wildman–Crippen MR) is 96.5 cm³/mol. The zero-order valence-electron chi connectivity index (χ0n) is 12.6. The van der Waals surface area contributed by atoms with Crippen molar-refractivity contribution in [1.29, 1.82) is 0 Å². The van der Waals surface area contributed by atoms with Crippen LogP contribution >= 0.6 is 27.3 Å². The number of rotatable bonds is 6. The number of hydrogen-bond acceptors (Lipinski definition) is 4. The van der Waals surface area contributed by atoms with E-state index in [9.17, 15) is 9.59 Å². The van der Waals surface area contributed by atoms with Gasteiger partial charge >= 0.3 is 0 Å². The second kappa shape index (κ2) is 8.12. The lowest BCUT2D eigenvalue weighted by atomic mass is 10.1. The average molecular weight is 396 g/mol. The van der Waals surface area contributed by atoms with E-state index < -0.39 is 6.04 Å². The normalized spacial score (nSPS) is 11.7. The van der Waals surface area contributed by atoms with Gasteiger partial charge < -0.3 is 16.4 Å². The molecule has 7 heteroatoms. The van der Waals surface area contributed by atoms with Crippen LogP contribution < -0.4 is 16.4 Å². The van der Waals surface area contributed by atoms with Crippen LogP contribution in [-0.2, 0) is 11.2 Å². The minimum Gasteiger partial charge on any atom is -0.399 e. The number of hydrogen-bond donors (Lipinski definition) is 3. The fraction of sp³-hybridized carbons (Fsp3) is 0.250. The molecule has 2 aromatic rings. The Balaban J connectivity index is 1.76. The molecule has 0 saturated carbocycles. The molecule has 0 bridgehead atoms. The number of benzene rings is 1. The van der Waals surface area contributed by atoms with Crippen LogP contribution in [0.3, 0.4) is 0 Å². The Morgan fingerprint density at radius 3 is 2.52 bits per heavy atom. The first-order valence-electron chi connectivity index (χ1n) is 7.14. The second-order valence-electron chi connectivity index (χ2n) is 5.08. The molecule has 1 unspecified atom stereocenters. The van der Waals surface area contributed by atoms with Crippen LogP contribution in [0.4, 0.5) is 5.69 Å². The molecule has 0 aliphatic rings. The first-order chi connectivity index (χ1) is 11.0. The van der Waals surface area contributed by atoms with Crippen molar-refractivity contribution in [1.82, 2.24) is 10.6 Å². The quantitative estimate of drug-likeness (QED) is 0.657. The molecule has 1 heterocycles. The van der Waals surface area contributed by atoms with E-state index in [-0.39, 0.29) is 11.8 Å². The number of halogens is 1. The van der Waals surface area contributed by atoms with E-state index in [0.29, 0.717) is 23.5 Å². The van der Waals surface area contributed by atoms with Crippen LogP contribution in [0.5, 0.6) is 0 Å². The van der Waals surface area contributed by atoms with Crippen molar-refractivity contribution in [3.8, 4) is 0 Å². The number of carbonyl (C=O) groups is 2. The summed E-state index contributed by atoms with van der Waals surface area (Å²) in [4.78, 5) is 24.6. The third-order valence-electron chi connectivity index (χ3n) is 3.23. The van der Waals surface area contributed by atoms with Crippen molar-refractivity contribution < 1.29 is 9.59 Å². The highest BCUT2D eigenvalue weighted by molar-refractivity contribution is 9.11. The smallest absolute Gasteiger partial charge is 0.262 e. The van der Waals surface area contributed by atoms with Gasteiger partial charge in [0, 0.05) is 12.2 Å². The Kier molecular flexibility index (Phi) is 6.18. The number of nitrogens with two attached hydrogens (primary N) is 1. The Labute approximate surface area is 147 Å². The summed E-state index contributed by atoms with van der Waals surface area (Å²) in [6.45, 7) is 2.17. The van der Waals surface area contributed by atoms with Crippen LogP contribution in [0, 0.1) is 0 Å². The molecule has 5 nitrogen and oxygen atoms in total. The molecule has 2 rings (SSSR count). The maximum absolute atomic E-state index is 12.0. The van der Waals surface area contributed by atoms with Crippen LogP contribution in [0.25, 0.3) is 0 Å². The molecule has 0 saturated heterocycles. The summed E-state index contributed by atoms with van der Waals surface area (Å²) in [7, 11) is 0. The third-order valence-corrected chi connectivity index (χ3v) is 4.85. The van der Waals surface area contributed by atoms with Gasteiger partial charge in [-0.05, 0) is 59.1 Å². The molecule has 23 heavy (non-hydrogen) atoms. The molecule has 2 amide bonds. The van der Waals surface area contributed by atoms with E-state index in [1.165, 1.54) is 11.3 Å². The molecule has 4 N–H and O–H groups in total. The van der Waals surface area contributed by atoms with Gasteiger partial charge in [-0.3, -0.25) is 9.59 Å². The lowest BCUT2D eigenvalue weighted by Gasteiger charge is -2.13. The third kappa shape index (κ3) is 5.37. The first kappa shape index (κ1) is 17.5. The van der Waals surface area contributed by atoms with Crippen LogP contribution in [0.15, 0.2) is 40.2 Å². The molecule has 1 aromatic carbocycles. The topological polar surface area (TPSA) is 84.2 Å². The molecule has 1 atom stereocenters. The zero-order chi connectivity index (χ0) is 16.8. The van der Waals surface area contributed by atoms with Crippen LogP contribution in [0.1, 0.15) is 22.2 Å². The van der Waals surface area contributed by atoms with Gasteiger partial charge in [-0.2, -0.15) is 0 Å². The van der Waals surface area contributed by atoms with E-state index in [0.717, 1.165) is 9.35 Å². The van der Waals surface area contributed by atoms with E-state index in [1.54, 1.807) is 19.1 Å². The highest BCUT2D eigenvalue weighted by Gasteiger charge is 2.17. The highest BCUT2D eigenvalue weighted by atomic mass is 79.9. The van der Waals surface area contributed by atoms with Gasteiger partial charge in [0.1, 0.15) is 6.04 Å². The lowest BCUT2D eigenvalue weighted by Crippen LogP contribution is -2.45. The Bertz CT molecular complexity index is 685. The minimum absolute atomic E-state index is 0.204. The summed E-state index contributed by atoms with van der Waals surface area (Å²) in [5.74, 6) is -0.452. The predicted octanol–water partition coefficient (Wildman–Crippen LogP) is 2.57. The van der Waals surface area contributed by atoms with Gasteiger partial charge in [0.05, 0.1) is 8.66 Å². The van der Waals surface area contributed by atoms with Crippen LogP contribution in [-0.4, -0.2) is 24.4 Å². The summed E-state index contributed by atoms with van der Waals surface area (Å²) in [5, 5.41) is 5.50. The van der Waals surface area contributed by atoms with Gasteiger partial charge in [-0.15, -0.1) is 11.3 Å². The molecule has 1 aromatic heterocycles. The van der Waals surface area contributed by atoms with Gasteiger partial charge in [-0.25, -0.2) is 0 Å². The van der Waals surface area contributed by atoms with Crippen molar-refractivity contribution in [2.75, 3.05) is 12.3 Å². The number of nitrogen functional groups attached to an aromatic ring is 1. The lowest BCUT2D eigenvalue weighted by molar-refractivity contribution is -0.122. The SMILES string of the molecule is CC(NC(=O)c1ccc(Br)s1)C(=O)NCCc1ccc(N)cc1. The van der Waals surface area contributed by atoms with E-state index in [4.69, 9.17) is 5.73 Å². The van der Waals surface area contributed by atoms with Gasteiger partial charge in [0.25, 0.3) is 5.91 Å². The molecule has 0 radical (unpaired) electrons. The number of amides is 2. The molecular weight excluding hydrogens is 378 g/mol. The molecule has 0 aliphatic heterocycles. The summed E-state index contributed by atoms with van der Waals surface area (Å²) in [6, 6.07) is 10.5. The van der Waals surface area contributed by atoms with Crippen molar-refractivity contribution >= 4 is 44.8 Å².